The number of fused-ring (bicyclic) bond motifs is 3. The third-order valence-corrected chi connectivity index (χ3v) is 5.60. The molecule has 0 saturated heterocycles. The van der Waals surface area contributed by atoms with Crippen molar-refractivity contribution < 1.29 is 5.11 Å². The highest BCUT2D eigenvalue weighted by atomic mass is 32.1. The summed E-state index contributed by atoms with van der Waals surface area (Å²) < 4.78 is 4.14. The zero-order valence-corrected chi connectivity index (χ0v) is 15.1. The molecular formula is C16H16N8O2S. The fraction of sp³-hybridized carbons (Fsp3) is 0.250. The number of hydrazine groups is 1. The van der Waals surface area contributed by atoms with Gasteiger partial charge in [0.2, 0.25) is 0 Å². The number of hydrogen-bond acceptors (Lipinski definition) is 8. The summed E-state index contributed by atoms with van der Waals surface area (Å²) in [5.74, 6) is 0. The van der Waals surface area contributed by atoms with E-state index in [0.717, 1.165) is 26.4 Å². The second kappa shape index (κ2) is 6.01. The van der Waals surface area contributed by atoms with Crippen molar-refractivity contribution in [2.75, 3.05) is 0 Å². The summed E-state index contributed by atoms with van der Waals surface area (Å²) in [6.45, 7) is 0.246. The zero-order valence-electron chi connectivity index (χ0n) is 14.3. The Morgan fingerprint density at radius 2 is 2.30 bits per heavy atom. The quantitative estimate of drug-likeness (QED) is 0.389. The van der Waals surface area contributed by atoms with Crippen LogP contribution in [0, 0.1) is 0 Å². The lowest BCUT2D eigenvalue weighted by Gasteiger charge is -2.07. The maximum absolute atomic E-state index is 12.9. The topological polar surface area (TPSA) is 126 Å². The van der Waals surface area contributed by atoms with Gasteiger partial charge in [-0.1, -0.05) is 0 Å². The molecule has 0 aliphatic carbocycles. The first kappa shape index (κ1) is 16.2. The van der Waals surface area contributed by atoms with Crippen molar-refractivity contribution in [3.63, 3.8) is 0 Å². The first-order valence-electron chi connectivity index (χ1n) is 8.33. The maximum Gasteiger partial charge on any atom is 0.291 e. The van der Waals surface area contributed by atoms with Gasteiger partial charge >= 0.3 is 0 Å². The molecule has 0 bridgehead atoms. The molecule has 0 aromatic carbocycles. The van der Waals surface area contributed by atoms with E-state index in [0.29, 0.717) is 17.6 Å². The number of thiazole rings is 1. The molecule has 4 aromatic rings. The Balaban J connectivity index is 1.57. The van der Waals surface area contributed by atoms with E-state index < -0.39 is 6.23 Å². The molecule has 1 unspecified atom stereocenters. The van der Waals surface area contributed by atoms with Crippen LogP contribution in [0.5, 0.6) is 0 Å². The van der Waals surface area contributed by atoms with Crippen molar-refractivity contribution >= 4 is 32.6 Å². The van der Waals surface area contributed by atoms with Crippen molar-refractivity contribution in [1.82, 2.24) is 40.4 Å². The molecule has 0 radical (unpaired) electrons. The summed E-state index contributed by atoms with van der Waals surface area (Å²) in [5.41, 5.74) is 8.23. The number of aliphatic hydroxyl groups is 1. The zero-order chi connectivity index (χ0) is 18.5. The lowest BCUT2D eigenvalue weighted by atomic mass is 10.3. The number of hydrogen-bond donors (Lipinski definition) is 4. The number of aromatic nitrogens is 6. The molecular weight excluding hydrogens is 368 g/mol. The number of aliphatic hydroxyl groups excluding tert-OH is 1. The van der Waals surface area contributed by atoms with E-state index in [-0.39, 0.29) is 12.1 Å². The monoisotopic (exact) mass is 384 g/mol. The second-order valence-electron chi connectivity index (χ2n) is 6.34. The molecule has 1 atom stereocenters. The van der Waals surface area contributed by atoms with E-state index in [2.05, 4.69) is 26.1 Å². The van der Waals surface area contributed by atoms with Crippen LogP contribution in [-0.4, -0.2) is 40.9 Å². The maximum atomic E-state index is 12.9. The lowest BCUT2D eigenvalue weighted by Crippen LogP contribution is -2.33. The molecule has 27 heavy (non-hydrogen) atoms. The van der Waals surface area contributed by atoms with Crippen molar-refractivity contribution in [2.24, 2.45) is 7.05 Å². The molecule has 0 fully saturated rings. The van der Waals surface area contributed by atoms with Gasteiger partial charge in [0.15, 0.2) is 5.65 Å². The minimum atomic E-state index is -0.767. The van der Waals surface area contributed by atoms with Crippen LogP contribution in [0.1, 0.15) is 10.7 Å². The van der Waals surface area contributed by atoms with E-state index in [1.807, 2.05) is 17.7 Å². The number of allylic oxidation sites excluding steroid dienone is 1. The third kappa shape index (κ3) is 2.63. The standard InChI is InChI=1S/C16H16N8O2S/c1-23-13-10(6-18-24(16(13)26)7-9-4-11(25)22-21-9)14-15(23)19-12(27-14)5-8-2-3-17-20-8/h2-4,6,11,21-22,25H,5,7H2,1H3,(H,17,20). The Morgan fingerprint density at radius 1 is 1.41 bits per heavy atom. The normalized spacial score (nSPS) is 17.0. The van der Waals surface area contributed by atoms with Crippen molar-refractivity contribution in [3.05, 3.63) is 51.3 Å². The Bertz CT molecular complexity index is 1230. The van der Waals surface area contributed by atoms with Crippen LogP contribution in [0.15, 0.2) is 35.0 Å². The molecule has 0 saturated carbocycles. The first-order chi connectivity index (χ1) is 13.1. The number of rotatable bonds is 4. The van der Waals surface area contributed by atoms with E-state index in [9.17, 15) is 9.90 Å². The van der Waals surface area contributed by atoms with Crippen LogP contribution in [-0.2, 0) is 20.0 Å². The van der Waals surface area contributed by atoms with E-state index in [1.165, 1.54) is 4.68 Å². The van der Waals surface area contributed by atoms with Gasteiger partial charge in [0, 0.05) is 30.7 Å². The number of nitrogens with one attached hydrogen (secondary N) is 3. The summed E-state index contributed by atoms with van der Waals surface area (Å²) in [6.07, 6.45) is 4.97. The van der Waals surface area contributed by atoms with Gasteiger partial charge in [-0.2, -0.15) is 10.2 Å². The molecule has 4 aromatic heterocycles. The summed E-state index contributed by atoms with van der Waals surface area (Å²) in [4.78, 5) is 17.6. The molecule has 1 aliphatic rings. The molecule has 1 aliphatic heterocycles. The summed E-state index contributed by atoms with van der Waals surface area (Å²) >= 11 is 1.55. The predicted molar refractivity (Wildman–Crippen MR) is 99.9 cm³/mol. The van der Waals surface area contributed by atoms with Crippen LogP contribution in [0.3, 0.4) is 0 Å². The minimum absolute atomic E-state index is 0.196. The molecule has 5 rings (SSSR count). The third-order valence-electron chi connectivity index (χ3n) is 4.52. The molecule has 5 heterocycles. The van der Waals surface area contributed by atoms with Crippen LogP contribution >= 0.6 is 11.3 Å². The summed E-state index contributed by atoms with van der Waals surface area (Å²) in [6, 6.07) is 1.92. The first-order valence-corrected chi connectivity index (χ1v) is 9.14. The molecule has 138 valence electrons. The fourth-order valence-corrected chi connectivity index (χ4v) is 4.38. The van der Waals surface area contributed by atoms with E-state index in [1.54, 1.807) is 29.8 Å². The predicted octanol–water partition coefficient (Wildman–Crippen LogP) is -0.0313. The van der Waals surface area contributed by atoms with Crippen LogP contribution in [0.4, 0.5) is 0 Å². The highest BCUT2D eigenvalue weighted by Gasteiger charge is 2.19. The number of aryl methyl sites for hydroxylation is 1. The Morgan fingerprint density at radius 3 is 3.04 bits per heavy atom. The number of aromatic amines is 1. The van der Waals surface area contributed by atoms with Gasteiger partial charge in [0.25, 0.3) is 5.56 Å². The van der Waals surface area contributed by atoms with Gasteiger partial charge in [0.1, 0.15) is 16.8 Å². The van der Waals surface area contributed by atoms with Crippen LogP contribution < -0.4 is 16.4 Å². The Labute approximate surface area is 156 Å². The second-order valence-corrected chi connectivity index (χ2v) is 7.42. The Hall–Kier alpha value is -3.02. The van der Waals surface area contributed by atoms with Crippen molar-refractivity contribution in [3.8, 4) is 0 Å². The Kier molecular flexibility index (Phi) is 3.60. The van der Waals surface area contributed by atoms with Crippen molar-refractivity contribution in [1.29, 1.82) is 0 Å². The highest BCUT2D eigenvalue weighted by Crippen LogP contribution is 2.31. The number of H-pyrrole nitrogens is 1. The average molecular weight is 384 g/mol. The van der Waals surface area contributed by atoms with Gasteiger partial charge in [-0.05, 0) is 12.1 Å². The molecule has 10 nitrogen and oxygen atoms in total. The largest absolute Gasteiger partial charge is 0.373 e. The lowest BCUT2D eigenvalue weighted by molar-refractivity contribution is 0.185. The van der Waals surface area contributed by atoms with Gasteiger partial charge in [0.05, 0.1) is 23.1 Å². The summed E-state index contributed by atoms with van der Waals surface area (Å²) in [5, 5.41) is 22.5. The van der Waals surface area contributed by atoms with Gasteiger partial charge in [-0.25, -0.2) is 15.1 Å². The number of nitrogens with zero attached hydrogens (tertiary/aromatic N) is 5. The van der Waals surface area contributed by atoms with E-state index in [4.69, 9.17) is 4.98 Å². The van der Waals surface area contributed by atoms with Gasteiger partial charge in [-0.3, -0.25) is 9.89 Å². The van der Waals surface area contributed by atoms with Crippen molar-refractivity contribution in [2.45, 2.75) is 19.2 Å². The molecule has 0 amide bonds. The van der Waals surface area contributed by atoms with Crippen LogP contribution in [0.2, 0.25) is 0 Å². The highest BCUT2D eigenvalue weighted by molar-refractivity contribution is 7.19. The van der Waals surface area contributed by atoms with Gasteiger partial charge < -0.3 is 15.1 Å². The molecule has 0 spiro atoms. The minimum Gasteiger partial charge on any atom is -0.373 e. The van der Waals surface area contributed by atoms with E-state index >= 15 is 0 Å². The molecule has 11 heteroatoms. The summed E-state index contributed by atoms with van der Waals surface area (Å²) in [7, 11) is 1.84. The van der Waals surface area contributed by atoms with Crippen LogP contribution in [0.25, 0.3) is 21.3 Å². The molecule has 4 N–H and O–H groups in total. The fourth-order valence-electron chi connectivity index (χ4n) is 3.26. The average Bonchev–Trinajstić information content (AvgIpc) is 3.40. The van der Waals surface area contributed by atoms with Gasteiger partial charge in [-0.15, -0.1) is 11.3 Å². The SMILES string of the molecule is Cn1c2nc(Cc3cc[nH]n3)sc2c2cnn(CC3=CC(O)NN3)c(=O)c21. The smallest absolute Gasteiger partial charge is 0.291 e.